The molecule has 2 aliphatic rings. The molecule has 10 heteroatoms. The number of fused-ring (bicyclic) bond motifs is 1. The molecule has 0 amide bonds. The Morgan fingerprint density at radius 2 is 1.79 bits per heavy atom. The molecule has 5 rings (SSSR count). The molecule has 3 aromatic rings. The van der Waals surface area contributed by atoms with Gasteiger partial charge in [-0.2, -0.15) is 0 Å². The molecule has 1 aromatic heterocycles. The molecule has 2 unspecified atom stereocenters. The summed E-state index contributed by atoms with van der Waals surface area (Å²) in [6.07, 6.45) is 6.21. The quantitative estimate of drug-likeness (QED) is 0.596. The Labute approximate surface area is 198 Å². The zero-order valence-electron chi connectivity index (χ0n) is 18.8. The van der Waals surface area contributed by atoms with Crippen LogP contribution in [0.2, 0.25) is 0 Å². The van der Waals surface area contributed by atoms with Crippen LogP contribution in [0.4, 0.5) is 0 Å². The van der Waals surface area contributed by atoms with E-state index in [1.807, 2.05) is 48.5 Å². The first-order valence-electron chi connectivity index (χ1n) is 10.7. The second-order valence-corrected chi connectivity index (χ2v) is 10.7. The second kappa shape index (κ2) is 8.21. The average Bonchev–Trinajstić information content (AvgIpc) is 3.17. The molecule has 0 fully saturated rings. The van der Waals surface area contributed by atoms with Gasteiger partial charge in [0.25, 0.3) is 0 Å². The summed E-state index contributed by atoms with van der Waals surface area (Å²) in [4.78, 5) is 19.7. The fraction of sp³-hybridized carbons (Fsp3) is 0.250. The highest BCUT2D eigenvalue weighted by molar-refractivity contribution is 7.91. The molecular formula is C24H24N6O3S. The standard InChI is InChI=1S/C24H24N6O3S/c1-33-20-8-6-18(7-9-20)24(19-5-3-4-16(10-19)17-11-26-15-27-12-17)22-28-13-21(34(2,31)32)14-30(22)23(25)29-24/h3-12,15,21H,13-14H2,1-2H3,(H2,25,29). The zero-order valence-corrected chi connectivity index (χ0v) is 19.6. The highest BCUT2D eigenvalue weighted by Gasteiger charge is 2.51. The van der Waals surface area contributed by atoms with Gasteiger partial charge in [0.05, 0.1) is 18.9 Å². The molecule has 2 aliphatic heterocycles. The lowest BCUT2D eigenvalue weighted by Gasteiger charge is -2.35. The number of sulfone groups is 1. The normalized spacial score (nSPS) is 22.1. The van der Waals surface area contributed by atoms with Crippen molar-refractivity contribution < 1.29 is 13.2 Å². The number of aromatic nitrogens is 2. The molecule has 0 aliphatic carbocycles. The highest BCUT2D eigenvalue weighted by Crippen LogP contribution is 2.43. The van der Waals surface area contributed by atoms with Crippen molar-refractivity contribution in [3.05, 3.63) is 78.4 Å². The van der Waals surface area contributed by atoms with Crippen molar-refractivity contribution in [1.82, 2.24) is 14.9 Å². The van der Waals surface area contributed by atoms with Crippen molar-refractivity contribution in [2.75, 3.05) is 26.5 Å². The number of nitrogens with zero attached hydrogens (tertiary/aromatic N) is 5. The van der Waals surface area contributed by atoms with Gasteiger partial charge in [0.1, 0.15) is 17.9 Å². The molecule has 3 heterocycles. The lowest BCUT2D eigenvalue weighted by Crippen LogP contribution is -2.52. The Morgan fingerprint density at radius 1 is 1.06 bits per heavy atom. The van der Waals surface area contributed by atoms with Crippen molar-refractivity contribution >= 4 is 21.6 Å². The van der Waals surface area contributed by atoms with Gasteiger partial charge in [-0.15, -0.1) is 0 Å². The zero-order chi connectivity index (χ0) is 23.9. The third-order valence-electron chi connectivity index (χ3n) is 6.26. The summed E-state index contributed by atoms with van der Waals surface area (Å²) in [5.41, 5.74) is 8.85. The fourth-order valence-corrected chi connectivity index (χ4v) is 5.21. The Balaban J connectivity index is 1.71. The van der Waals surface area contributed by atoms with Crippen molar-refractivity contribution in [3.63, 3.8) is 0 Å². The maximum absolute atomic E-state index is 12.3. The van der Waals surface area contributed by atoms with Crippen molar-refractivity contribution in [2.45, 2.75) is 10.8 Å². The van der Waals surface area contributed by atoms with Gasteiger partial charge in [-0.3, -0.25) is 9.89 Å². The summed E-state index contributed by atoms with van der Waals surface area (Å²) in [6.45, 7) is 0.356. The van der Waals surface area contributed by atoms with E-state index >= 15 is 0 Å². The van der Waals surface area contributed by atoms with Gasteiger partial charge in [0, 0.05) is 30.8 Å². The monoisotopic (exact) mass is 476 g/mol. The van der Waals surface area contributed by atoms with E-state index < -0.39 is 20.6 Å². The largest absolute Gasteiger partial charge is 0.497 e. The maximum atomic E-state index is 12.3. The summed E-state index contributed by atoms with van der Waals surface area (Å²) in [5.74, 6) is 1.55. The molecule has 2 N–H and O–H groups in total. The van der Waals surface area contributed by atoms with Crippen molar-refractivity contribution in [3.8, 4) is 16.9 Å². The first-order chi connectivity index (χ1) is 16.3. The number of aliphatic imine (C=N–C) groups is 2. The van der Waals surface area contributed by atoms with Gasteiger partial charge in [0.2, 0.25) is 0 Å². The number of methoxy groups -OCH3 is 1. The van der Waals surface area contributed by atoms with Crippen LogP contribution in [0.15, 0.2) is 77.2 Å². The number of benzene rings is 2. The number of nitrogens with two attached hydrogens (primary N) is 1. The first-order valence-corrected chi connectivity index (χ1v) is 12.7. The molecule has 0 saturated carbocycles. The van der Waals surface area contributed by atoms with Crippen LogP contribution in [-0.4, -0.2) is 66.8 Å². The average molecular weight is 477 g/mol. The molecule has 2 aromatic carbocycles. The van der Waals surface area contributed by atoms with Crippen LogP contribution in [0.3, 0.4) is 0 Å². The summed E-state index contributed by atoms with van der Waals surface area (Å²) in [6, 6.07) is 15.5. The smallest absolute Gasteiger partial charge is 0.198 e. The van der Waals surface area contributed by atoms with Gasteiger partial charge >= 0.3 is 0 Å². The topological polar surface area (TPSA) is 123 Å². The van der Waals surface area contributed by atoms with Crippen LogP contribution in [-0.2, 0) is 15.4 Å². The Morgan fingerprint density at radius 3 is 2.47 bits per heavy atom. The van der Waals surface area contributed by atoms with Crippen LogP contribution in [0.1, 0.15) is 11.1 Å². The molecule has 2 atom stereocenters. The molecule has 0 radical (unpaired) electrons. The lowest BCUT2D eigenvalue weighted by molar-refractivity contribution is 0.414. The Kier molecular flexibility index (Phi) is 5.32. The molecule has 0 spiro atoms. The SMILES string of the molecule is COc1ccc(C2(c3cccc(-c4cncnc4)c3)N=C(N)N3CC(S(C)(=O)=O)CN=C32)cc1. The number of guanidine groups is 1. The molecule has 0 saturated heterocycles. The van der Waals surface area contributed by atoms with E-state index in [9.17, 15) is 8.42 Å². The molecule has 34 heavy (non-hydrogen) atoms. The summed E-state index contributed by atoms with van der Waals surface area (Å²) in [5, 5.41) is -0.649. The van der Waals surface area contributed by atoms with Crippen LogP contribution < -0.4 is 10.5 Å². The van der Waals surface area contributed by atoms with Crippen molar-refractivity contribution in [2.24, 2.45) is 15.7 Å². The minimum atomic E-state index is -3.30. The number of amidine groups is 1. The van der Waals surface area contributed by atoms with E-state index in [-0.39, 0.29) is 19.0 Å². The maximum Gasteiger partial charge on any atom is 0.198 e. The Bertz CT molecular complexity index is 1390. The Hall–Kier alpha value is -3.79. The van der Waals surface area contributed by atoms with Gasteiger partial charge < -0.3 is 10.5 Å². The number of hydrogen-bond donors (Lipinski definition) is 1. The molecule has 0 bridgehead atoms. The lowest BCUT2D eigenvalue weighted by atomic mass is 9.81. The van der Waals surface area contributed by atoms with Gasteiger partial charge in [0.15, 0.2) is 21.3 Å². The summed E-state index contributed by atoms with van der Waals surface area (Å²) in [7, 11) is -1.68. The summed E-state index contributed by atoms with van der Waals surface area (Å²) < 4.78 is 29.9. The molecular weight excluding hydrogens is 452 g/mol. The van der Waals surface area contributed by atoms with Gasteiger partial charge in [-0.1, -0.05) is 30.3 Å². The van der Waals surface area contributed by atoms with E-state index in [0.717, 1.165) is 22.3 Å². The highest BCUT2D eigenvalue weighted by atomic mass is 32.2. The van der Waals surface area contributed by atoms with E-state index in [2.05, 4.69) is 9.97 Å². The minimum Gasteiger partial charge on any atom is -0.497 e. The van der Waals surface area contributed by atoms with Crippen molar-refractivity contribution in [1.29, 1.82) is 0 Å². The van der Waals surface area contributed by atoms with Gasteiger partial charge in [-0.05, 0) is 34.9 Å². The number of rotatable bonds is 5. The minimum absolute atomic E-state index is 0.150. The van der Waals surface area contributed by atoms with E-state index in [1.165, 1.54) is 12.6 Å². The van der Waals surface area contributed by atoms with Crippen LogP contribution in [0, 0.1) is 0 Å². The number of hydrogen-bond acceptors (Lipinski definition) is 9. The van der Waals surface area contributed by atoms with Crippen LogP contribution in [0.5, 0.6) is 5.75 Å². The third kappa shape index (κ3) is 3.60. The van der Waals surface area contributed by atoms with E-state index in [0.29, 0.717) is 11.6 Å². The third-order valence-corrected chi connectivity index (χ3v) is 7.77. The van der Waals surface area contributed by atoms with Gasteiger partial charge in [-0.25, -0.2) is 23.4 Å². The molecule has 9 nitrogen and oxygen atoms in total. The van der Waals surface area contributed by atoms with Crippen LogP contribution in [0.25, 0.3) is 11.1 Å². The fourth-order valence-electron chi connectivity index (χ4n) is 4.44. The first kappa shape index (κ1) is 22.0. The number of ether oxygens (including phenoxy) is 1. The molecule has 174 valence electrons. The van der Waals surface area contributed by atoms with Crippen LogP contribution >= 0.6 is 0 Å². The predicted octanol–water partition coefficient (Wildman–Crippen LogP) is 1.85. The second-order valence-electron chi connectivity index (χ2n) is 8.34. The van der Waals surface area contributed by atoms with E-state index in [4.69, 9.17) is 20.5 Å². The predicted molar refractivity (Wildman–Crippen MR) is 131 cm³/mol. The van der Waals surface area contributed by atoms with E-state index in [1.54, 1.807) is 24.4 Å². The summed E-state index contributed by atoms with van der Waals surface area (Å²) >= 11 is 0.